The molecule has 3 rings (SSSR count). The lowest BCUT2D eigenvalue weighted by Gasteiger charge is -2.07. The van der Waals surface area contributed by atoms with Crippen LogP contribution in [0.3, 0.4) is 0 Å². The molecule has 0 radical (unpaired) electrons. The van der Waals surface area contributed by atoms with E-state index in [-0.39, 0.29) is 23.4 Å². The molecule has 1 atom stereocenters. The van der Waals surface area contributed by atoms with E-state index in [1.54, 1.807) is 31.3 Å². The number of pyridine rings is 1. The Kier molecular flexibility index (Phi) is 4.37. The molecule has 24 heavy (non-hydrogen) atoms. The summed E-state index contributed by atoms with van der Waals surface area (Å²) >= 11 is 0. The number of amides is 1. The van der Waals surface area contributed by atoms with Gasteiger partial charge in [0.2, 0.25) is 11.7 Å². The SMILES string of the molecule is CC(C)c1cc(C(=O)NC(C)c2nc(-c3ccccn3)no2)no1. The van der Waals surface area contributed by atoms with Crippen molar-refractivity contribution in [3.8, 4) is 11.5 Å². The minimum Gasteiger partial charge on any atom is -0.360 e. The molecule has 8 heteroatoms. The molecular formula is C16H17N5O3. The van der Waals surface area contributed by atoms with Crippen LogP contribution in [-0.4, -0.2) is 26.2 Å². The lowest BCUT2D eigenvalue weighted by molar-refractivity contribution is 0.0923. The minimum absolute atomic E-state index is 0.161. The molecule has 3 aromatic rings. The van der Waals surface area contributed by atoms with Crippen LogP contribution in [0.1, 0.15) is 54.9 Å². The summed E-state index contributed by atoms with van der Waals surface area (Å²) in [5, 5.41) is 10.4. The molecule has 1 amide bonds. The molecule has 0 aliphatic rings. The van der Waals surface area contributed by atoms with Gasteiger partial charge in [0.15, 0.2) is 5.69 Å². The van der Waals surface area contributed by atoms with Gasteiger partial charge in [-0.15, -0.1) is 0 Å². The molecule has 0 aromatic carbocycles. The predicted molar refractivity (Wildman–Crippen MR) is 84.0 cm³/mol. The summed E-state index contributed by atoms with van der Waals surface area (Å²) in [6.07, 6.45) is 1.65. The smallest absolute Gasteiger partial charge is 0.274 e. The van der Waals surface area contributed by atoms with Crippen molar-refractivity contribution in [2.75, 3.05) is 0 Å². The number of nitrogens with one attached hydrogen (secondary N) is 1. The van der Waals surface area contributed by atoms with Crippen LogP contribution in [0.2, 0.25) is 0 Å². The fourth-order valence-corrected chi connectivity index (χ4v) is 2.01. The third-order valence-electron chi connectivity index (χ3n) is 3.38. The molecule has 0 saturated carbocycles. The van der Waals surface area contributed by atoms with Gasteiger partial charge in [-0.25, -0.2) is 0 Å². The van der Waals surface area contributed by atoms with Gasteiger partial charge in [0.05, 0.1) is 0 Å². The van der Waals surface area contributed by atoms with E-state index in [0.29, 0.717) is 17.3 Å². The molecule has 3 aromatic heterocycles. The van der Waals surface area contributed by atoms with E-state index in [1.807, 2.05) is 19.9 Å². The number of rotatable bonds is 5. The zero-order chi connectivity index (χ0) is 17.1. The van der Waals surface area contributed by atoms with Gasteiger partial charge in [-0.3, -0.25) is 9.78 Å². The number of hydrogen-bond donors (Lipinski definition) is 1. The van der Waals surface area contributed by atoms with Crippen molar-refractivity contribution in [3.63, 3.8) is 0 Å². The lowest BCUT2D eigenvalue weighted by Crippen LogP contribution is -2.27. The van der Waals surface area contributed by atoms with Crippen LogP contribution in [0.25, 0.3) is 11.5 Å². The number of aromatic nitrogens is 4. The van der Waals surface area contributed by atoms with Gasteiger partial charge in [0.1, 0.15) is 17.5 Å². The minimum atomic E-state index is -0.471. The molecule has 0 aliphatic heterocycles. The van der Waals surface area contributed by atoms with Crippen molar-refractivity contribution < 1.29 is 13.8 Å². The van der Waals surface area contributed by atoms with E-state index in [0.717, 1.165) is 0 Å². The Balaban J connectivity index is 1.69. The van der Waals surface area contributed by atoms with Crippen LogP contribution in [0.5, 0.6) is 0 Å². The topological polar surface area (TPSA) is 107 Å². The molecule has 3 heterocycles. The first-order valence-electron chi connectivity index (χ1n) is 7.57. The summed E-state index contributed by atoms with van der Waals surface area (Å²) in [6, 6.07) is 6.57. The first kappa shape index (κ1) is 15.9. The number of carbonyl (C=O) groups is 1. The highest BCUT2D eigenvalue weighted by atomic mass is 16.5. The van der Waals surface area contributed by atoms with E-state index < -0.39 is 6.04 Å². The fourth-order valence-electron chi connectivity index (χ4n) is 2.01. The summed E-state index contributed by atoms with van der Waals surface area (Å²) in [5.41, 5.74) is 0.819. The van der Waals surface area contributed by atoms with Gasteiger partial charge >= 0.3 is 0 Å². The second-order valence-corrected chi connectivity index (χ2v) is 5.64. The molecule has 124 valence electrons. The normalized spacial score (nSPS) is 12.3. The van der Waals surface area contributed by atoms with Gasteiger partial charge in [-0.1, -0.05) is 30.2 Å². The highest BCUT2D eigenvalue weighted by Crippen LogP contribution is 2.18. The summed E-state index contributed by atoms with van der Waals surface area (Å²) in [5.74, 6) is 1.11. The Morgan fingerprint density at radius 1 is 1.17 bits per heavy atom. The van der Waals surface area contributed by atoms with E-state index in [4.69, 9.17) is 9.05 Å². The maximum Gasteiger partial charge on any atom is 0.274 e. The van der Waals surface area contributed by atoms with Gasteiger partial charge in [-0.05, 0) is 19.1 Å². The average Bonchev–Trinajstić information content (AvgIpc) is 3.25. The van der Waals surface area contributed by atoms with E-state index in [9.17, 15) is 4.79 Å². The third-order valence-corrected chi connectivity index (χ3v) is 3.38. The van der Waals surface area contributed by atoms with Gasteiger partial charge in [-0.2, -0.15) is 4.98 Å². The summed E-state index contributed by atoms with van der Waals surface area (Å²) in [4.78, 5) is 20.6. The Bertz CT molecular complexity index is 825. The maximum absolute atomic E-state index is 12.2. The Morgan fingerprint density at radius 3 is 2.67 bits per heavy atom. The molecule has 0 fully saturated rings. The van der Waals surface area contributed by atoms with E-state index >= 15 is 0 Å². The van der Waals surface area contributed by atoms with Crippen molar-refractivity contribution in [3.05, 3.63) is 47.8 Å². The average molecular weight is 327 g/mol. The Labute approximate surface area is 138 Å². The second-order valence-electron chi connectivity index (χ2n) is 5.64. The summed E-state index contributed by atoms with van der Waals surface area (Å²) in [7, 11) is 0. The van der Waals surface area contributed by atoms with Crippen molar-refractivity contribution >= 4 is 5.91 Å². The monoisotopic (exact) mass is 327 g/mol. The molecule has 0 saturated heterocycles. The van der Waals surface area contributed by atoms with Crippen molar-refractivity contribution in [2.45, 2.75) is 32.7 Å². The van der Waals surface area contributed by atoms with Gasteiger partial charge in [0, 0.05) is 18.2 Å². The number of carbonyl (C=O) groups excluding carboxylic acids is 1. The zero-order valence-electron chi connectivity index (χ0n) is 13.6. The summed E-state index contributed by atoms with van der Waals surface area (Å²) < 4.78 is 10.3. The van der Waals surface area contributed by atoms with Crippen molar-refractivity contribution in [1.82, 2.24) is 25.6 Å². The zero-order valence-corrected chi connectivity index (χ0v) is 13.6. The second kappa shape index (κ2) is 6.61. The predicted octanol–water partition coefficient (Wildman–Crippen LogP) is 2.73. The summed E-state index contributed by atoms with van der Waals surface area (Å²) in [6.45, 7) is 5.67. The first-order valence-corrected chi connectivity index (χ1v) is 7.57. The van der Waals surface area contributed by atoms with Crippen LogP contribution in [0, 0.1) is 0 Å². The highest BCUT2D eigenvalue weighted by Gasteiger charge is 2.21. The van der Waals surface area contributed by atoms with Gasteiger partial charge in [0.25, 0.3) is 5.91 Å². The van der Waals surface area contributed by atoms with Crippen LogP contribution in [0.15, 0.2) is 39.5 Å². The fraction of sp³-hybridized carbons (Fsp3) is 0.312. The molecule has 8 nitrogen and oxygen atoms in total. The van der Waals surface area contributed by atoms with Crippen molar-refractivity contribution in [1.29, 1.82) is 0 Å². The maximum atomic E-state index is 12.2. The standard InChI is InChI=1S/C16H17N5O3/c1-9(2)13-8-12(20-23-13)15(22)18-10(3)16-19-14(21-24-16)11-6-4-5-7-17-11/h4-10H,1-3H3,(H,18,22). The van der Waals surface area contributed by atoms with Crippen LogP contribution in [0.4, 0.5) is 0 Å². The number of nitrogens with zero attached hydrogens (tertiary/aromatic N) is 4. The third kappa shape index (κ3) is 3.32. The molecule has 0 bridgehead atoms. The quantitative estimate of drug-likeness (QED) is 0.767. The molecule has 0 aliphatic carbocycles. The van der Waals surface area contributed by atoms with Crippen LogP contribution >= 0.6 is 0 Å². The molecular weight excluding hydrogens is 310 g/mol. The van der Waals surface area contributed by atoms with E-state index in [2.05, 4.69) is 25.6 Å². The Hall–Kier alpha value is -3.03. The molecule has 1 unspecified atom stereocenters. The molecule has 0 spiro atoms. The van der Waals surface area contributed by atoms with Gasteiger partial charge < -0.3 is 14.4 Å². The first-order chi connectivity index (χ1) is 11.5. The lowest BCUT2D eigenvalue weighted by atomic mass is 10.1. The molecule has 1 N–H and O–H groups in total. The highest BCUT2D eigenvalue weighted by molar-refractivity contribution is 5.92. The van der Waals surface area contributed by atoms with Crippen LogP contribution < -0.4 is 5.32 Å². The van der Waals surface area contributed by atoms with Crippen molar-refractivity contribution in [2.24, 2.45) is 0 Å². The Morgan fingerprint density at radius 2 is 2.00 bits per heavy atom. The van der Waals surface area contributed by atoms with Crippen LogP contribution in [-0.2, 0) is 0 Å². The number of hydrogen-bond acceptors (Lipinski definition) is 7. The largest absolute Gasteiger partial charge is 0.360 e. The van der Waals surface area contributed by atoms with E-state index in [1.165, 1.54) is 0 Å².